The van der Waals surface area contributed by atoms with Gasteiger partial charge in [0.25, 0.3) is 0 Å². The number of hydrogen-bond donors (Lipinski definition) is 3. The molecule has 1 fully saturated rings. The van der Waals surface area contributed by atoms with Crippen LogP contribution in [0.5, 0.6) is 0 Å². The first-order valence-corrected chi connectivity index (χ1v) is 11.2. The first kappa shape index (κ1) is 22.9. The van der Waals surface area contributed by atoms with Crippen molar-refractivity contribution in [2.75, 3.05) is 56.6 Å². The Bertz CT molecular complexity index is 821. The van der Waals surface area contributed by atoms with Crippen molar-refractivity contribution >= 4 is 17.4 Å². The molecule has 2 amide bonds. The van der Waals surface area contributed by atoms with Crippen molar-refractivity contribution in [3.05, 3.63) is 60.2 Å². The summed E-state index contributed by atoms with van der Waals surface area (Å²) in [5.41, 5.74) is 3.49. The molecule has 6 nitrogen and oxygen atoms in total. The van der Waals surface area contributed by atoms with Gasteiger partial charge in [-0.15, -0.1) is 0 Å². The molecule has 2 aromatic carbocycles. The van der Waals surface area contributed by atoms with E-state index in [4.69, 9.17) is 0 Å². The van der Waals surface area contributed by atoms with Crippen molar-refractivity contribution < 1.29 is 9.69 Å². The van der Waals surface area contributed by atoms with Crippen molar-refractivity contribution in [3.8, 4) is 0 Å². The second kappa shape index (κ2) is 10.1. The van der Waals surface area contributed by atoms with Gasteiger partial charge in [-0.1, -0.05) is 30.3 Å². The highest BCUT2D eigenvalue weighted by atomic mass is 16.2. The Labute approximate surface area is 187 Å². The monoisotopic (exact) mass is 424 g/mol. The molecule has 31 heavy (non-hydrogen) atoms. The van der Waals surface area contributed by atoms with Gasteiger partial charge in [0.15, 0.2) is 0 Å². The summed E-state index contributed by atoms with van der Waals surface area (Å²) in [7, 11) is 4.11. The third-order valence-electron chi connectivity index (χ3n) is 5.79. The lowest BCUT2D eigenvalue weighted by Gasteiger charge is -2.38. The number of quaternary nitrogens is 1. The highest BCUT2D eigenvalue weighted by Crippen LogP contribution is 2.18. The summed E-state index contributed by atoms with van der Waals surface area (Å²) in [6.07, 6.45) is 0. The fourth-order valence-corrected chi connectivity index (χ4v) is 4.12. The summed E-state index contributed by atoms with van der Waals surface area (Å²) in [5, 5.41) is 6.13. The largest absolute Gasteiger partial charge is 0.378 e. The summed E-state index contributed by atoms with van der Waals surface area (Å²) in [4.78, 5) is 18.5. The molecule has 0 spiro atoms. The summed E-state index contributed by atoms with van der Waals surface area (Å²) in [6, 6.07) is 19.5. The van der Waals surface area contributed by atoms with Crippen LogP contribution in [0.3, 0.4) is 0 Å². The van der Waals surface area contributed by atoms with Crippen LogP contribution in [0.4, 0.5) is 16.2 Å². The van der Waals surface area contributed by atoms with Crippen LogP contribution in [-0.4, -0.2) is 58.4 Å². The van der Waals surface area contributed by atoms with E-state index < -0.39 is 0 Å². The van der Waals surface area contributed by atoms with Crippen LogP contribution in [-0.2, 0) is 0 Å². The number of amides is 2. The molecule has 0 radical (unpaired) electrons. The summed E-state index contributed by atoms with van der Waals surface area (Å²) in [5.74, 6) is 0. The van der Waals surface area contributed by atoms with E-state index in [1.807, 2.05) is 20.8 Å². The van der Waals surface area contributed by atoms with E-state index in [1.54, 1.807) is 0 Å². The molecule has 1 atom stereocenters. The lowest BCUT2D eigenvalue weighted by atomic mass is 10.0. The van der Waals surface area contributed by atoms with Crippen molar-refractivity contribution in [3.63, 3.8) is 0 Å². The number of piperazine rings is 1. The second-order valence-electron chi connectivity index (χ2n) is 9.60. The molecule has 0 bridgehead atoms. The highest BCUT2D eigenvalue weighted by Gasteiger charge is 2.29. The predicted octanol–water partition coefficient (Wildman–Crippen LogP) is 2.30. The van der Waals surface area contributed by atoms with Crippen LogP contribution in [0, 0.1) is 0 Å². The minimum atomic E-state index is -0.249. The molecule has 3 rings (SSSR count). The zero-order valence-corrected chi connectivity index (χ0v) is 19.6. The molecule has 1 heterocycles. The van der Waals surface area contributed by atoms with Crippen LogP contribution >= 0.6 is 0 Å². The Balaban J connectivity index is 1.70. The number of nitrogens with zero attached hydrogens (tertiary/aromatic N) is 2. The molecule has 0 saturated carbocycles. The van der Waals surface area contributed by atoms with Gasteiger partial charge in [0.2, 0.25) is 0 Å². The van der Waals surface area contributed by atoms with Crippen LogP contribution in [0.2, 0.25) is 0 Å². The van der Waals surface area contributed by atoms with E-state index in [0.29, 0.717) is 6.54 Å². The quantitative estimate of drug-likeness (QED) is 0.667. The molecule has 1 saturated heterocycles. The summed E-state index contributed by atoms with van der Waals surface area (Å²) >= 11 is 0. The van der Waals surface area contributed by atoms with Gasteiger partial charge in [-0.3, -0.25) is 0 Å². The molecule has 1 aliphatic rings. The number of nitrogens with one attached hydrogen (secondary N) is 3. The fraction of sp³-hybridized carbons (Fsp3) is 0.480. The topological polar surface area (TPSA) is 52.1 Å². The van der Waals surface area contributed by atoms with Gasteiger partial charge >= 0.3 is 6.03 Å². The average molecular weight is 425 g/mol. The summed E-state index contributed by atoms with van der Waals surface area (Å²) < 4.78 is 0. The molecular formula is C25H38N5O+. The lowest BCUT2D eigenvalue weighted by molar-refractivity contribution is -0.931. The van der Waals surface area contributed by atoms with E-state index in [1.165, 1.54) is 21.8 Å². The predicted molar refractivity (Wildman–Crippen MR) is 129 cm³/mol. The SMILES string of the molecule is CN(C)c1ccc([C@@H](CNC(=O)NC(C)(C)C)[NH+]2CCN(c3ccccc3)CC2)cc1. The maximum atomic E-state index is 12.4. The second-order valence-corrected chi connectivity index (χ2v) is 9.60. The third-order valence-corrected chi connectivity index (χ3v) is 5.79. The maximum absolute atomic E-state index is 12.4. The van der Waals surface area contributed by atoms with Gasteiger partial charge in [0, 0.05) is 36.6 Å². The van der Waals surface area contributed by atoms with E-state index in [-0.39, 0.29) is 17.6 Å². The number of benzene rings is 2. The van der Waals surface area contributed by atoms with Crippen molar-refractivity contribution in [2.24, 2.45) is 0 Å². The van der Waals surface area contributed by atoms with Gasteiger partial charge in [-0.25, -0.2) is 4.79 Å². The first-order chi connectivity index (χ1) is 14.7. The van der Waals surface area contributed by atoms with Gasteiger partial charge in [-0.05, 0) is 45.0 Å². The standard InChI is InChI=1S/C25H37N5O/c1-25(2,3)27-24(31)26-19-23(20-11-13-21(14-12-20)28(4)5)30-17-15-29(16-18-30)22-9-7-6-8-10-22/h6-14,23H,15-19H2,1-5H3,(H2,26,27,31)/p+1/t23-/m1/s1. The summed E-state index contributed by atoms with van der Waals surface area (Å²) in [6.45, 7) is 10.7. The van der Waals surface area contributed by atoms with Gasteiger partial charge in [0.05, 0.1) is 32.7 Å². The number of anilines is 2. The van der Waals surface area contributed by atoms with Crippen molar-refractivity contribution in [2.45, 2.75) is 32.4 Å². The number of para-hydroxylation sites is 1. The minimum absolute atomic E-state index is 0.107. The molecule has 0 aromatic heterocycles. The average Bonchev–Trinajstić information content (AvgIpc) is 2.74. The molecule has 3 N–H and O–H groups in total. The number of urea groups is 1. The number of carbonyl (C=O) groups is 1. The van der Waals surface area contributed by atoms with Crippen molar-refractivity contribution in [1.82, 2.24) is 10.6 Å². The van der Waals surface area contributed by atoms with E-state index in [9.17, 15) is 4.79 Å². The van der Waals surface area contributed by atoms with Gasteiger partial charge in [0.1, 0.15) is 6.04 Å². The van der Waals surface area contributed by atoms with Crippen molar-refractivity contribution in [1.29, 1.82) is 0 Å². The Morgan fingerprint density at radius 3 is 2.19 bits per heavy atom. The molecule has 2 aromatic rings. The zero-order chi connectivity index (χ0) is 22.4. The number of hydrogen-bond acceptors (Lipinski definition) is 3. The lowest BCUT2D eigenvalue weighted by Crippen LogP contribution is -3.15. The molecule has 1 aliphatic heterocycles. The molecule has 0 unspecified atom stereocenters. The van der Waals surface area contributed by atoms with E-state index >= 15 is 0 Å². The number of carbonyl (C=O) groups excluding carboxylic acids is 1. The fourth-order valence-electron chi connectivity index (χ4n) is 4.12. The Hall–Kier alpha value is -2.73. The zero-order valence-electron chi connectivity index (χ0n) is 19.6. The highest BCUT2D eigenvalue weighted by molar-refractivity contribution is 5.74. The molecular weight excluding hydrogens is 386 g/mol. The van der Waals surface area contributed by atoms with Gasteiger partial charge in [-0.2, -0.15) is 0 Å². The third kappa shape index (κ3) is 6.62. The normalized spacial score (nSPS) is 16.0. The van der Waals surface area contributed by atoms with Crippen LogP contribution in [0.1, 0.15) is 32.4 Å². The van der Waals surface area contributed by atoms with Crippen LogP contribution in [0.25, 0.3) is 0 Å². The van der Waals surface area contributed by atoms with E-state index in [0.717, 1.165) is 26.2 Å². The van der Waals surface area contributed by atoms with Gasteiger partial charge < -0.3 is 25.3 Å². The maximum Gasteiger partial charge on any atom is 0.315 e. The van der Waals surface area contributed by atoms with Crippen LogP contribution < -0.4 is 25.3 Å². The Morgan fingerprint density at radius 1 is 1.03 bits per heavy atom. The smallest absolute Gasteiger partial charge is 0.315 e. The number of rotatable bonds is 6. The molecule has 0 aliphatic carbocycles. The first-order valence-electron chi connectivity index (χ1n) is 11.2. The van der Waals surface area contributed by atoms with Crippen LogP contribution in [0.15, 0.2) is 54.6 Å². The Kier molecular flexibility index (Phi) is 7.44. The van der Waals surface area contributed by atoms with E-state index in [2.05, 4.69) is 89.1 Å². The minimum Gasteiger partial charge on any atom is -0.378 e. The molecule has 168 valence electrons. The Morgan fingerprint density at radius 2 is 1.65 bits per heavy atom. The molecule has 6 heteroatoms.